The second-order valence-corrected chi connectivity index (χ2v) is 16.1. The van der Waals surface area contributed by atoms with Gasteiger partial charge in [0.05, 0.1) is 51.6 Å². The predicted octanol–water partition coefficient (Wildman–Crippen LogP) is 15.6. The lowest BCUT2D eigenvalue weighted by Gasteiger charge is -2.21. The van der Waals surface area contributed by atoms with Crippen LogP contribution < -0.4 is 0 Å². The van der Waals surface area contributed by atoms with Crippen LogP contribution in [0.1, 0.15) is 16.7 Å². The van der Waals surface area contributed by atoms with Crippen molar-refractivity contribution in [2.24, 2.45) is 0 Å². The van der Waals surface area contributed by atoms with Gasteiger partial charge in [0.1, 0.15) is 0 Å². The van der Waals surface area contributed by atoms with Gasteiger partial charge in [-0.15, -0.1) is 0 Å². The minimum Gasteiger partial charge on any atom is -0.309 e. The molecule has 11 rings (SSSR count). The molecular formula is C58H38N4. The van der Waals surface area contributed by atoms with Gasteiger partial charge in [-0.25, -0.2) is 4.85 Å². The minimum atomic E-state index is 0.593. The van der Waals surface area contributed by atoms with Gasteiger partial charge in [-0.1, -0.05) is 132 Å². The first-order chi connectivity index (χ1) is 30.4. The summed E-state index contributed by atoms with van der Waals surface area (Å²) < 4.78 is 4.85. The second-order valence-electron chi connectivity index (χ2n) is 16.1. The molecule has 0 saturated carbocycles. The van der Waals surface area contributed by atoms with Gasteiger partial charge < -0.3 is 9.13 Å². The summed E-state index contributed by atoms with van der Waals surface area (Å²) in [7, 11) is 0. The number of aromatic nitrogens is 2. The molecule has 11 aromatic rings. The van der Waals surface area contributed by atoms with Crippen LogP contribution in [-0.2, 0) is 0 Å². The maximum Gasteiger partial charge on any atom is 0.187 e. The summed E-state index contributed by atoms with van der Waals surface area (Å²) in [5, 5.41) is 14.6. The van der Waals surface area contributed by atoms with Gasteiger partial charge in [0, 0.05) is 32.7 Å². The van der Waals surface area contributed by atoms with Crippen molar-refractivity contribution >= 4 is 49.3 Å². The highest BCUT2D eigenvalue weighted by Gasteiger charge is 2.23. The number of benzene rings is 9. The Morgan fingerprint density at radius 1 is 0.403 bits per heavy atom. The third-order valence-electron chi connectivity index (χ3n) is 12.3. The van der Waals surface area contributed by atoms with Gasteiger partial charge in [0.25, 0.3) is 0 Å². The molecule has 0 saturated heterocycles. The van der Waals surface area contributed by atoms with Crippen LogP contribution in [0.4, 0.5) is 5.69 Å². The van der Waals surface area contributed by atoms with Crippen LogP contribution in [0, 0.1) is 31.8 Å². The first-order valence-corrected chi connectivity index (χ1v) is 20.8. The molecule has 2 heterocycles. The van der Waals surface area contributed by atoms with Gasteiger partial charge in [-0.05, 0) is 120 Å². The topological polar surface area (TPSA) is 38.0 Å². The van der Waals surface area contributed by atoms with E-state index < -0.39 is 0 Å². The van der Waals surface area contributed by atoms with E-state index in [1.54, 1.807) is 0 Å². The highest BCUT2D eigenvalue weighted by molar-refractivity contribution is 6.13. The zero-order valence-corrected chi connectivity index (χ0v) is 34.3. The Morgan fingerprint density at radius 2 is 0.806 bits per heavy atom. The lowest BCUT2D eigenvalue weighted by atomic mass is 9.94. The number of hydrogen-bond donors (Lipinski definition) is 0. The van der Waals surface area contributed by atoms with Crippen molar-refractivity contribution in [3.8, 4) is 62.0 Å². The van der Waals surface area contributed by atoms with Gasteiger partial charge in [-0.2, -0.15) is 5.26 Å². The maximum absolute atomic E-state index is 9.84. The van der Waals surface area contributed by atoms with E-state index in [0.29, 0.717) is 11.3 Å². The summed E-state index contributed by atoms with van der Waals surface area (Å²) in [6, 6.07) is 71.2. The van der Waals surface area contributed by atoms with E-state index in [2.05, 4.69) is 204 Å². The van der Waals surface area contributed by atoms with Crippen molar-refractivity contribution in [1.29, 1.82) is 5.26 Å². The van der Waals surface area contributed by atoms with Crippen molar-refractivity contribution in [1.82, 2.24) is 9.13 Å². The Labute approximate surface area is 360 Å². The van der Waals surface area contributed by atoms with E-state index in [0.717, 1.165) is 55.7 Å². The highest BCUT2D eigenvalue weighted by atomic mass is 15.0. The molecule has 0 amide bonds. The van der Waals surface area contributed by atoms with Crippen LogP contribution in [0.2, 0.25) is 0 Å². The van der Waals surface area contributed by atoms with Crippen LogP contribution in [0.15, 0.2) is 194 Å². The van der Waals surface area contributed by atoms with E-state index in [1.807, 2.05) is 24.3 Å². The van der Waals surface area contributed by atoms with Crippen LogP contribution in [0.5, 0.6) is 0 Å². The lowest BCUT2D eigenvalue weighted by Crippen LogP contribution is -2.04. The summed E-state index contributed by atoms with van der Waals surface area (Å²) >= 11 is 0. The molecule has 0 radical (unpaired) electrons. The molecule has 0 aliphatic rings. The van der Waals surface area contributed by atoms with Gasteiger partial charge in [0.2, 0.25) is 0 Å². The third kappa shape index (κ3) is 6.05. The fraction of sp³-hybridized carbons (Fsp3) is 0.0345. The summed E-state index contributed by atoms with van der Waals surface area (Å²) in [6.45, 7) is 12.1. The Morgan fingerprint density at radius 3 is 1.24 bits per heavy atom. The number of nitriles is 1. The Kier molecular flexibility index (Phi) is 8.67. The van der Waals surface area contributed by atoms with Crippen LogP contribution >= 0.6 is 0 Å². The molecule has 290 valence electrons. The van der Waals surface area contributed by atoms with E-state index in [9.17, 15) is 5.26 Å². The first kappa shape index (κ1) is 36.6. The van der Waals surface area contributed by atoms with Crippen molar-refractivity contribution in [3.63, 3.8) is 0 Å². The Hall–Kier alpha value is -8.44. The second kappa shape index (κ2) is 14.7. The molecule has 62 heavy (non-hydrogen) atoms. The van der Waals surface area contributed by atoms with Crippen LogP contribution in [0.25, 0.3) is 104 Å². The van der Waals surface area contributed by atoms with Crippen molar-refractivity contribution in [2.75, 3.05) is 0 Å². The normalized spacial score (nSPS) is 11.4. The van der Waals surface area contributed by atoms with E-state index in [1.165, 1.54) is 54.9 Å². The van der Waals surface area contributed by atoms with Crippen molar-refractivity contribution < 1.29 is 0 Å². The van der Waals surface area contributed by atoms with E-state index >= 15 is 0 Å². The molecule has 0 N–H and O–H groups in total. The largest absolute Gasteiger partial charge is 0.309 e. The molecule has 2 aromatic heterocycles. The molecule has 0 fully saturated rings. The van der Waals surface area contributed by atoms with Gasteiger partial charge in [-0.3, -0.25) is 0 Å². The van der Waals surface area contributed by atoms with E-state index in [-0.39, 0.29) is 0 Å². The zero-order valence-electron chi connectivity index (χ0n) is 34.3. The van der Waals surface area contributed by atoms with Gasteiger partial charge >= 0.3 is 0 Å². The average molecular weight is 791 g/mol. The molecule has 0 bridgehead atoms. The highest BCUT2D eigenvalue weighted by Crippen LogP contribution is 2.45. The molecule has 0 aliphatic heterocycles. The van der Waals surface area contributed by atoms with Crippen molar-refractivity contribution in [3.05, 3.63) is 222 Å². The number of nitrogens with zero attached hydrogens (tertiary/aromatic N) is 4. The average Bonchev–Trinajstić information content (AvgIpc) is 3.82. The molecule has 0 aliphatic carbocycles. The maximum atomic E-state index is 9.84. The molecular weight excluding hydrogens is 753 g/mol. The number of aryl methyl sites for hydroxylation is 2. The summed E-state index contributed by atoms with van der Waals surface area (Å²) in [5.41, 5.74) is 18.8. The fourth-order valence-corrected chi connectivity index (χ4v) is 9.26. The molecule has 0 unspecified atom stereocenters. The molecule has 9 aromatic carbocycles. The Balaban J connectivity index is 1.28. The lowest BCUT2D eigenvalue weighted by molar-refractivity contribution is 1.14. The summed E-state index contributed by atoms with van der Waals surface area (Å²) in [5.74, 6) is 0. The number of hydrogen-bond acceptors (Lipinski definition) is 1. The standard InChI is InChI=1S/C58H38N4/c1-37-14-26-53-49(30-37)51-32-44(40-10-6-4-7-11-40)22-28-55(51)61(53)57-35-58(48(43-20-24-46(60-3)25-21-43)34-47(57)42-18-16-39(36-59)17-19-42)62-54-27-15-38(2)31-50(54)52-33-45(23-29-56(52)62)41-12-8-5-9-13-41/h4-35H,1-2H3. The predicted molar refractivity (Wildman–Crippen MR) is 257 cm³/mol. The fourth-order valence-electron chi connectivity index (χ4n) is 9.26. The van der Waals surface area contributed by atoms with Crippen molar-refractivity contribution in [2.45, 2.75) is 13.8 Å². The quantitative estimate of drug-likeness (QED) is 0.155. The number of rotatable bonds is 6. The minimum absolute atomic E-state index is 0.593. The van der Waals surface area contributed by atoms with Crippen LogP contribution in [0.3, 0.4) is 0 Å². The van der Waals surface area contributed by atoms with E-state index in [4.69, 9.17) is 6.57 Å². The third-order valence-corrected chi connectivity index (χ3v) is 12.3. The molecule has 4 nitrogen and oxygen atoms in total. The SMILES string of the molecule is [C-]#[N+]c1ccc(-c2cc(-c3ccc(C#N)cc3)c(-n3c4ccc(C)cc4c4cc(-c5ccccc5)ccc43)cc2-n2c3ccc(C)cc3c3cc(-c4ccccc4)ccc32)cc1. The van der Waals surface area contributed by atoms with Gasteiger partial charge in [0.15, 0.2) is 5.69 Å². The zero-order chi connectivity index (χ0) is 41.9. The summed E-state index contributed by atoms with van der Waals surface area (Å²) in [4.78, 5) is 3.73. The smallest absolute Gasteiger partial charge is 0.187 e. The number of fused-ring (bicyclic) bond motifs is 6. The summed E-state index contributed by atoms with van der Waals surface area (Å²) in [6.07, 6.45) is 0. The molecule has 0 atom stereocenters. The Bertz CT molecular complexity index is 3390. The first-order valence-electron chi connectivity index (χ1n) is 20.8. The monoisotopic (exact) mass is 790 g/mol. The molecule has 4 heteroatoms. The van der Waals surface area contributed by atoms with Crippen LogP contribution in [-0.4, -0.2) is 9.13 Å². The molecule has 0 spiro atoms.